The maximum absolute atomic E-state index is 5.90. The van der Waals surface area contributed by atoms with Gasteiger partial charge < -0.3 is 0 Å². The van der Waals surface area contributed by atoms with E-state index < -0.39 is 0 Å². The molecule has 0 atom stereocenters. The highest BCUT2D eigenvalue weighted by Crippen LogP contribution is 2.19. The largest absolute Gasteiger partial charge is 0.243 e. The molecule has 0 saturated carbocycles. The number of rotatable bonds is 3. The minimum atomic E-state index is 0.504. The smallest absolute Gasteiger partial charge is 0.129 e. The quantitative estimate of drug-likeness (QED) is 0.602. The monoisotopic (exact) mass is 267 g/mol. The molecule has 1 rings (SSSR count). The van der Waals surface area contributed by atoms with Gasteiger partial charge in [-0.25, -0.2) is 4.98 Å². The fourth-order valence-electron chi connectivity index (χ4n) is 0.900. The molecular formula is C8H8BrCl2N. The Labute approximate surface area is 90.2 Å². The normalized spacial score (nSPS) is 10.2. The molecular weight excluding hydrogens is 261 g/mol. The second-order valence-corrected chi connectivity index (χ2v) is 3.98. The van der Waals surface area contributed by atoms with Gasteiger partial charge in [-0.2, -0.15) is 0 Å². The van der Waals surface area contributed by atoms with Crippen molar-refractivity contribution in [3.63, 3.8) is 0 Å². The highest BCUT2D eigenvalue weighted by molar-refractivity contribution is 9.09. The van der Waals surface area contributed by atoms with Gasteiger partial charge in [0.15, 0.2) is 0 Å². The number of alkyl halides is 1. The zero-order valence-corrected chi connectivity index (χ0v) is 9.45. The second kappa shape index (κ2) is 5.05. The van der Waals surface area contributed by atoms with Crippen molar-refractivity contribution < 1.29 is 0 Å². The average molecular weight is 269 g/mol. The summed E-state index contributed by atoms with van der Waals surface area (Å²) in [4.78, 5) is 3.87. The van der Waals surface area contributed by atoms with Crippen molar-refractivity contribution in [1.82, 2.24) is 4.98 Å². The standard InChI is InChI=1S/C8H8BrCl2N/c9-3-1-2-6-4-8(11)12-5-7(6)10/h4-5H,1-3H2. The molecule has 0 aliphatic carbocycles. The summed E-state index contributed by atoms with van der Waals surface area (Å²) in [6, 6.07) is 1.81. The molecule has 0 saturated heterocycles. The molecule has 0 amide bonds. The Morgan fingerprint density at radius 3 is 2.83 bits per heavy atom. The van der Waals surface area contributed by atoms with E-state index in [1.54, 1.807) is 6.20 Å². The Hall–Kier alpha value is 0.210. The van der Waals surface area contributed by atoms with Crippen molar-refractivity contribution in [2.24, 2.45) is 0 Å². The molecule has 0 radical (unpaired) electrons. The van der Waals surface area contributed by atoms with Gasteiger partial charge in [0.1, 0.15) is 5.15 Å². The van der Waals surface area contributed by atoms with Crippen LogP contribution in [0.5, 0.6) is 0 Å². The van der Waals surface area contributed by atoms with Crippen LogP contribution in [0, 0.1) is 0 Å². The number of pyridine rings is 1. The lowest BCUT2D eigenvalue weighted by Gasteiger charge is -2.01. The summed E-state index contributed by atoms with van der Waals surface area (Å²) in [6.07, 6.45) is 3.58. The van der Waals surface area contributed by atoms with Crippen molar-refractivity contribution in [2.75, 3.05) is 5.33 Å². The molecule has 0 aliphatic rings. The summed E-state index contributed by atoms with van der Waals surface area (Å²) in [5.41, 5.74) is 1.07. The predicted molar refractivity (Wildman–Crippen MR) is 56.4 cm³/mol. The molecule has 1 nitrogen and oxygen atoms in total. The highest BCUT2D eigenvalue weighted by Gasteiger charge is 2.01. The fraction of sp³-hybridized carbons (Fsp3) is 0.375. The first kappa shape index (κ1) is 10.3. The third kappa shape index (κ3) is 2.92. The maximum Gasteiger partial charge on any atom is 0.129 e. The van der Waals surface area contributed by atoms with Gasteiger partial charge in [0, 0.05) is 11.5 Å². The third-order valence-corrected chi connectivity index (χ3v) is 2.59. The Bertz CT molecular complexity index is 265. The van der Waals surface area contributed by atoms with E-state index in [9.17, 15) is 0 Å². The Morgan fingerprint density at radius 2 is 2.17 bits per heavy atom. The number of nitrogens with zero attached hydrogens (tertiary/aromatic N) is 1. The zero-order chi connectivity index (χ0) is 8.97. The number of halogens is 3. The van der Waals surface area contributed by atoms with Gasteiger partial charge in [-0.15, -0.1) is 0 Å². The van der Waals surface area contributed by atoms with Crippen LogP contribution in [0.1, 0.15) is 12.0 Å². The SMILES string of the molecule is Clc1cc(CCCBr)c(Cl)cn1. The molecule has 12 heavy (non-hydrogen) atoms. The minimum absolute atomic E-state index is 0.504. The topological polar surface area (TPSA) is 12.9 Å². The van der Waals surface area contributed by atoms with Crippen LogP contribution in [0.3, 0.4) is 0 Å². The number of hydrogen-bond donors (Lipinski definition) is 0. The van der Waals surface area contributed by atoms with E-state index in [4.69, 9.17) is 23.2 Å². The molecule has 0 unspecified atom stereocenters. The first-order chi connectivity index (χ1) is 5.74. The van der Waals surface area contributed by atoms with Crippen molar-refractivity contribution in [3.05, 3.63) is 28.0 Å². The van der Waals surface area contributed by atoms with E-state index in [0.717, 1.165) is 23.7 Å². The van der Waals surface area contributed by atoms with Crippen LogP contribution >= 0.6 is 39.1 Å². The van der Waals surface area contributed by atoms with Gasteiger partial charge in [-0.1, -0.05) is 39.1 Å². The van der Waals surface area contributed by atoms with Gasteiger partial charge in [-0.05, 0) is 24.5 Å². The van der Waals surface area contributed by atoms with Gasteiger partial charge in [0.05, 0.1) is 5.02 Å². The number of hydrogen-bond acceptors (Lipinski definition) is 1. The lowest BCUT2D eigenvalue weighted by atomic mass is 10.2. The molecule has 0 fully saturated rings. The molecule has 1 heterocycles. The molecule has 0 N–H and O–H groups in total. The van der Waals surface area contributed by atoms with E-state index in [1.807, 2.05) is 6.07 Å². The van der Waals surface area contributed by atoms with Gasteiger partial charge >= 0.3 is 0 Å². The second-order valence-electron chi connectivity index (χ2n) is 2.39. The minimum Gasteiger partial charge on any atom is -0.243 e. The predicted octanol–water partition coefficient (Wildman–Crippen LogP) is 3.72. The van der Waals surface area contributed by atoms with Crippen LogP contribution < -0.4 is 0 Å². The molecule has 0 spiro atoms. The molecule has 0 aliphatic heterocycles. The van der Waals surface area contributed by atoms with Crippen molar-refractivity contribution >= 4 is 39.1 Å². The van der Waals surface area contributed by atoms with Crippen molar-refractivity contribution in [1.29, 1.82) is 0 Å². The molecule has 4 heteroatoms. The maximum atomic E-state index is 5.90. The molecule has 1 aromatic rings. The molecule has 0 aromatic carbocycles. The Kier molecular flexibility index (Phi) is 4.33. The summed E-state index contributed by atoms with van der Waals surface area (Å²) in [5, 5.41) is 2.17. The fourth-order valence-corrected chi connectivity index (χ4v) is 1.56. The van der Waals surface area contributed by atoms with E-state index >= 15 is 0 Å². The summed E-state index contributed by atoms with van der Waals surface area (Å²) < 4.78 is 0. The van der Waals surface area contributed by atoms with Crippen LogP contribution in [0.2, 0.25) is 10.2 Å². The summed E-state index contributed by atoms with van der Waals surface area (Å²) in [7, 11) is 0. The number of aromatic nitrogens is 1. The van der Waals surface area contributed by atoms with Gasteiger partial charge in [0.2, 0.25) is 0 Å². The van der Waals surface area contributed by atoms with Crippen molar-refractivity contribution in [2.45, 2.75) is 12.8 Å². The first-order valence-electron chi connectivity index (χ1n) is 3.60. The van der Waals surface area contributed by atoms with E-state index in [1.165, 1.54) is 0 Å². The van der Waals surface area contributed by atoms with Crippen LogP contribution in [0.25, 0.3) is 0 Å². The molecule has 66 valence electrons. The Morgan fingerprint density at radius 1 is 1.42 bits per heavy atom. The Balaban J connectivity index is 2.75. The summed E-state index contributed by atoms with van der Waals surface area (Å²) >= 11 is 15.0. The molecule has 0 bridgehead atoms. The van der Waals surface area contributed by atoms with Crippen LogP contribution in [0.15, 0.2) is 12.3 Å². The molecule has 1 aromatic heterocycles. The highest BCUT2D eigenvalue weighted by atomic mass is 79.9. The number of aryl methyl sites for hydroxylation is 1. The summed E-state index contributed by atoms with van der Waals surface area (Å²) in [5.74, 6) is 0. The van der Waals surface area contributed by atoms with Crippen LogP contribution in [-0.4, -0.2) is 10.3 Å². The van der Waals surface area contributed by atoms with Gasteiger partial charge in [0.25, 0.3) is 0 Å². The van der Waals surface area contributed by atoms with E-state index in [-0.39, 0.29) is 0 Å². The lowest BCUT2D eigenvalue weighted by molar-refractivity contribution is 0.935. The lowest BCUT2D eigenvalue weighted by Crippen LogP contribution is -1.89. The average Bonchev–Trinajstić information content (AvgIpc) is 2.07. The van der Waals surface area contributed by atoms with E-state index in [0.29, 0.717) is 10.2 Å². The van der Waals surface area contributed by atoms with Crippen LogP contribution in [-0.2, 0) is 6.42 Å². The first-order valence-corrected chi connectivity index (χ1v) is 5.47. The van der Waals surface area contributed by atoms with Gasteiger partial charge in [-0.3, -0.25) is 0 Å². The summed E-state index contributed by atoms with van der Waals surface area (Å²) in [6.45, 7) is 0. The van der Waals surface area contributed by atoms with Crippen LogP contribution in [0.4, 0.5) is 0 Å². The van der Waals surface area contributed by atoms with E-state index in [2.05, 4.69) is 20.9 Å². The van der Waals surface area contributed by atoms with Crippen molar-refractivity contribution in [3.8, 4) is 0 Å². The third-order valence-electron chi connectivity index (χ3n) is 1.48. The zero-order valence-electron chi connectivity index (χ0n) is 6.36.